The zero-order valence-electron chi connectivity index (χ0n) is 22.5. The van der Waals surface area contributed by atoms with Crippen LogP contribution in [-0.2, 0) is 9.53 Å². The second kappa shape index (κ2) is 13.5. The van der Waals surface area contributed by atoms with Crippen molar-refractivity contribution in [3.05, 3.63) is 65.5 Å². The summed E-state index contributed by atoms with van der Waals surface area (Å²) < 4.78 is 18.3. The lowest BCUT2D eigenvalue weighted by Crippen LogP contribution is -2.50. The monoisotopic (exact) mass is 587 g/mol. The Morgan fingerprint density at radius 2 is 1.68 bits per heavy atom. The number of ether oxygens (including phenoxy) is 1. The molecule has 1 aromatic heterocycles. The van der Waals surface area contributed by atoms with E-state index >= 15 is 0 Å². The van der Waals surface area contributed by atoms with Crippen LogP contribution >= 0.6 is 23.7 Å². The molecule has 2 aromatic carbocycles. The van der Waals surface area contributed by atoms with E-state index in [1.165, 1.54) is 62.7 Å². The van der Waals surface area contributed by atoms with Crippen LogP contribution < -0.4 is 16.0 Å². The zero-order chi connectivity index (χ0) is 27.4. The Morgan fingerprint density at radius 1 is 1.02 bits per heavy atom. The van der Waals surface area contributed by atoms with Gasteiger partial charge in [0.05, 0.1) is 7.11 Å². The highest BCUT2D eigenvalue weighted by Gasteiger charge is 2.28. The Kier molecular flexibility index (Phi) is 10.1. The predicted octanol–water partition coefficient (Wildman–Crippen LogP) is 5.25. The summed E-state index contributed by atoms with van der Waals surface area (Å²) >= 11 is 1.43. The number of amides is 1. The van der Waals surface area contributed by atoms with Gasteiger partial charge < -0.3 is 15.4 Å². The van der Waals surface area contributed by atoms with Crippen LogP contribution in [0.5, 0.6) is 0 Å². The Labute approximate surface area is 244 Å². The lowest BCUT2D eigenvalue weighted by Gasteiger charge is -2.41. The maximum atomic E-state index is 13.7. The van der Waals surface area contributed by atoms with Gasteiger partial charge >= 0.3 is 5.97 Å². The number of methoxy groups -OCH3 is 1. The van der Waals surface area contributed by atoms with Crippen molar-refractivity contribution in [3.63, 3.8) is 0 Å². The fraction of sp³-hybridized carbons (Fsp3) is 0.414. The lowest BCUT2D eigenvalue weighted by molar-refractivity contribution is -0.142. The van der Waals surface area contributed by atoms with Crippen molar-refractivity contribution < 1.29 is 18.7 Å². The summed E-state index contributed by atoms with van der Waals surface area (Å²) in [5, 5.41) is 4.36. The molecule has 0 radical (unpaired) electrons. The molecule has 1 saturated heterocycles. The molecule has 1 amide bonds. The number of nitrogens with one attached hydrogen (secondary N) is 1. The van der Waals surface area contributed by atoms with Gasteiger partial charge in [-0.2, -0.15) is 0 Å². The van der Waals surface area contributed by atoms with E-state index in [9.17, 15) is 14.0 Å². The van der Waals surface area contributed by atoms with Crippen LogP contribution in [0.4, 0.5) is 14.5 Å². The smallest absolute Gasteiger partial charge is 0.327 e. The van der Waals surface area contributed by atoms with E-state index in [0.29, 0.717) is 22.3 Å². The van der Waals surface area contributed by atoms with Gasteiger partial charge in [-0.3, -0.25) is 19.8 Å². The topological polar surface area (TPSA) is 101 Å². The largest absolute Gasteiger partial charge is 0.468 e. The number of hydrogen-bond acceptors (Lipinski definition) is 8. The Morgan fingerprint density at radius 3 is 2.30 bits per heavy atom. The third-order valence-electron chi connectivity index (χ3n) is 7.63. The number of esters is 1. The minimum absolute atomic E-state index is 0. The fourth-order valence-electron chi connectivity index (χ4n) is 5.39. The molecule has 2 aliphatic rings. The minimum Gasteiger partial charge on any atom is -0.468 e. The second-order valence-electron chi connectivity index (χ2n) is 10.1. The number of anilines is 2. The van der Waals surface area contributed by atoms with Gasteiger partial charge in [-0.15, -0.1) is 12.4 Å². The third-order valence-corrected chi connectivity index (χ3v) is 8.66. The summed E-state index contributed by atoms with van der Waals surface area (Å²) in [6.07, 6.45) is 6.55. The number of carbonyl (C=O) groups excluding carboxylic acids is 2. The number of nitrogens with two attached hydrogens (primary N) is 1. The van der Waals surface area contributed by atoms with Gasteiger partial charge in [0.25, 0.3) is 5.91 Å². The summed E-state index contributed by atoms with van der Waals surface area (Å²) in [4.78, 5) is 34.5. The Bertz CT molecular complexity index is 1290. The van der Waals surface area contributed by atoms with E-state index in [2.05, 4.69) is 19.9 Å². The van der Waals surface area contributed by atoms with Crippen molar-refractivity contribution in [2.24, 2.45) is 5.73 Å². The summed E-state index contributed by atoms with van der Waals surface area (Å²) in [5.74, 6) is -1.17. The van der Waals surface area contributed by atoms with Gasteiger partial charge in [-0.05, 0) is 54.8 Å². The normalized spacial score (nSPS) is 17.1. The van der Waals surface area contributed by atoms with Crippen molar-refractivity contribution in [3.8, 4) is 11.3 Å². The average molecular weight is 588 g/mol. The van der Waals surface area contributed by atoms with Crippen molar-refractivity contribution >= 4 is 45.8 Å². The molecular weight excluding hydrogens is 553 g/mol. The maximum Gasteiger partial charge on any atom is 0.327 e. The van der Waals surface area contributed by atoms with Crippen molar-refractivity contribution in [1.29, 1.82) is 0 Å². The first-order valence-electron chi connectivity index (χ1n) is 13.4. The number of nitrogens with zero attached hydrogens (tertiary/aromatic N) is 3. The lowest BCUT2D eigenvalue weighted by atomic mass is 9.94. The van der Waals surface area contributed by atoms with Gasteiger partial charge in [0.2, 0.25) is 0 Å². The van der Waals surface area contributed by atoms with Crippen molar-refractivity contribution in [2.45, 2.75) is 44.2 Å². The number of thiazole rings is 1. The number of aromatic nitrogens is 1. The number of piperazine rings is 1. The predicted molar refractivity (Wildman–Crippen MR) is 159 cm³/mol. The zero-order valence-corrected chi connectivity index (χ0v) is 24.1. The van der Waals surface area contributed by atoms with Gasteiger partial charge in [-0.1, -0.05) is 42.7 Å². The van der Waals surface area contributed by atoms with Crippen LogP contribution in [0.15, 0.2) is 48.5 Å². The highest BCUT2D eigenvalue weighted by molar-refractivity contribution is 7.20. The molecule has 3 N–H and O–H groups in total. The van der Waals surface area contributed by atoms with Gasteiger partial charge in [0.15, 0.2) is 5.13 Å². The van der Waals surface area contributed by atoms with Crippen LogP contribution in [0.2, 0.25) is 0 Å². The molecule has 2 fully saturated rings. The molecule has 214 valence electrons. The SMILES string of the molecule is COC(=O)C(N)c1ccc(C(=O)Nc2nc(-c3ccc(F)cc3)c(N3CCN(C4CCCCC4)CC3)s2)cc1.Cl. The molecule has 0 spiro atoms. The standard InChI is InChI=1S/C29H34FN5O3S.ClH/c1-38-28(37)24(31)19-7-9-21(10-8-19)26(36)33-29-32-25(20-11-13-22(30)14-12-20)27(39-29)35-17-15-34(16-18-35)23-5-3-2-4-6-23;/h7-14,23-24H,2-6,15-18,31H2,1H3,(H,32,33,36);1H. The molecule has 0 bridgehead atoms. The molecule has 2 heterocycles. The Balaban J connectivity index is 0.00000370. The van der Waals surface area contributed by atoms with E-state index < -0.39 is 12.0 Å². The van der Waals surface area contributed by atoms with E-state index in [1.54, 1.807) is 36.4 Å². The molecule has 1 atom stereocenters. The van der Waals surface area contributed by atoms with E-state index in [0.717, 1.165) is 42.4 Å². The molecule has 8 nitrogen and oxygen atoms in total. The van der Waals surface area contributed by atoms with Crippen LogP contribution in [0, 0.1) is 5.82 Å². The first-order chi connectivity index (χ1) is 18.9. The number of carbonyl (C=O) groups is 2. The summed E-state index contributed by atoms with van der Waals surface area (Å²) in [5.41, 5.74) is 8.40. The molecule has 1 aliphatic carbocycles. The fourth-order valence-corrected chi connectivity index (χ4v) is 6.42. The highest BCUT2D eigenvalue weighted by atomic mass is 35.5. The molecule has 40 heavy (non-hydrogen) atoms. The van der Waals surface area contributed by atoms with E-state index in [1.807, 2.05) is 0 Å². The summed E-state index contributed by atoms with van der Waals surface area (Å²) in [6.45, 7) is 3.74. The third kappa shape index (κ3) is 6.80. The van der Waals surface area contributed by atoms with Crippen LogP contribution in [0.1, 0.15) is 54.1 Å². The van der Waals surface area contributed by atoms with E-state index in [-0.39, 0.29) is 24.1 Å². The molecular formula is C29H35ClFN5O3S. The number of benzene rings is 2. The summed E-state index contributed by atoms with van der Waals surface area (Å²) in [6, 6.07) is 12.6. The first kappa shape index (κ1) is 29.9. The number of hydrogen-bond donors (Lipinski definition) is 2. The number of halogens is 2. The molecule has 1 saturated carbocycles. The van der Waals surface area contributed by atoms with Crippen molar-refractivity contribution in [1.82, 2.24) is 9.88 Å². The van der Waals surface area contributed by atoms with Crippen molar-refractivity contribution in [2.75, 3.05) is 43.5 Å². The van der Waals surface area contributed by atoms with Crippen LogP contribution in [-0.4, -0.2) is 61.1 Å². The number of rotatable bonds is 7. The quantitative estimate of drug-likeness (QED) is 0.364. The van der Waals surface area contributed by atoms with Gasteiger partial charge in [0.1, 0.15) is 22.6 Å². The maximum absolute atomic E-state index is 13.7. The first-order valence-corrected chi connectivity index (χ1v) is 14.2. The highest BCUT2D eigenvalue weighted by Crippen LogP contribution is 2.39. The molecule has 1 unspecified atom stereocenters. The van der Waals surface area contributed by atoms with E-state index in [4.69, 9.17) is 10.7 Å². The molecule has 11 heteroatoms. The second-order valence-corrected chi connectivity index (χ2v) is 11.0. The molecule has 5 rings (SSSR count). The minimum atomic E-state index is -0.912. The van der Waals surface area contributed by atoms with Gasteiger partial charge in [0, 0.05) is 43.3 Å². The van der Waals surface area contributed by atoms with Gasteiger partial charge in [-0.25, -0.2) is 9.37 Å². The van der Waals surface area contributed by atoms with Crippen LogP contribution in [0.25, 0.3) is 11.3 Å². The van der Waals surface area contributed by atoms with Crippen LogP contribution in [0.3, 0.4) is 0 Å². The molecule has 1 aliphatic heterocycles. The Hall–Kier alpha value is -3.05. The molecule has 3 aromatic rings. The average Bonchev–Trinajstić information content (AvgIpc) is 3.41. The summed E-state index contributed by atoms with van der Waals surface area (Å²) in [7, 11) is 1.28.